The van der Waals surface area contributed by atoms with Crippen LogP contribution in [0.15, 0.2) is 78.2 Å². The Morgan fingerprint density at radius 1 is 0.926 bits per heavy atom. The van der Waals surface area contributed by atoms with Crippen LogP contribution in [0.5, 0.6) is 11.5 Å². The molecule has 1 atom stereocenters. The predicted octanol–water partition coefficient (Wildman–Crippen LogP) is 3.48. The molecule has 27 heavy (non-hydrogen) atoms. The highest BCUT2D eigenvalue weighted by Gasteiger charge is 2.35. The smallest absolute Gasteiger partial charge is 0.274 e. The van der Waals surface area contributed by atoms with Gasteiger partial charge in [-0.25, -0.2) is 5.01 Å². The molecule has 0 unspecified atom stereocenters. The van der Waals surface area contributed by atoms with E-state index in [1.807, 2.05) is 6.07 Å². The molecule has 6 heteroatoms. The maximum Gasteiger partial charge on any atom is 0.274 e. The van der Waals surface area contributed by atoms with Crippen molar-refractivity contribution in [3.63, 3.8) is 0 Å². The van der Waals surface area contributed by atoms with Crippen LogP contribution in [0, 0.1) is 0 Å². The molecule has 2 N–H and O–H groups in total. The van der Waals surface area contributed by atoms with Crippen LogP contribution in [-0.4, -0.2) is 31.8 Å². The van der Waals surface area contributed by atoms with Crippen molar-refractivity contribution in [2.75, 3.05) is 0 Å². The van der Waals surface area contributed by atoms with Gasteiger partial charge in [0.2, 0.25) is 0 Å². The van der Waals surface area contributed by atoms with Gasteiger partial charge in [0.05, 0.1) is 11.8 Å². The minimum Gasteiger partial charge on any atom is -0.508 e. The Morgan fingerprint density at radius 3 is 2.30 bits per heavy atom. The van der Waals surface area contributed by atoms with E-state index in [1.165, 1.54) is 5.01 Å². The van der Waals surface area contributed by atoms with Crippen molar-refractivity contribution in [3.8, 4) is 11.5 Å². The number of nitrogens with zero attached hydrogens (tertiary/aromatic N) is 3. The number of pyridine rings is 1. The van der Waals surface area contributed by atoms with Crippen molar-refractivity contribution < 1.29 is 15.0 Å². The first-order valence-electron chi connectivity index (χ1n) is 8.52. The molecule has 1 aliphatic heterocycles. The van der Waals surface area contributed by atoms with Crippen LogP contribution in [0.2, 0.25) is 0 Å². The number of carbonyl (C=O) groups is 1. The molecule has 0 radical (unpaired) electrons. The predicted molar refractivity (Wildman–Crippen MR) is 101 cm³/mol. The number of hydrogen-bond acceptors (Lipinski definition) is 5. The maximum absolute atomic E-state index is 13.1. The summed E-state index contributed by atoms with van der Waals surface area (Å²) in [5.74, 6) is -0.0923. The van der Waals surface area contributed by atoms with E-state index in [2.05, 4.69) is 10.1 Å². The van der Waals surface area contributed by atoms with E-state index in [0.29, 0.717) is 28.8 Å². The van der Waals surface area contributed by atoms with E-state index < -0.39 is 6.04 Å². The number of aromatic hydroxyl groups is 2. The number of para-hydroxylation sites is 2. The van der Waals surface area contributed by atoms with Crippen molar-refractivity contribution in [2.45, 2.75) is 12.5 Å². The first kappa shape index (κ1) is 16.8. The summed E-state index contributed by atoms with van der Waals surface area (Å²) in [6.07, 6.45) is 3.48. The number of aromatic nitrogens is 1. The first-order chi connectivity index (χ1) is 13.1. The van der Waals surface area contributed by atoms with Gasteiger partial charge in [-0.1, -0.05) is 30.3 Å². The van der Waals surface area contributed by atoms with Gasteiger partial charge >= 0.3 is 0 Å². The fourth-order valence-electron chi connectivity index (χ4n) is 3.22. The van der Waals surface area contributed by atoms with E-state index in [-0.39, 0.29) is 17.4 Å². The van der Waals surface area contributed by atoms with Gasteiger partial charge in [-0.2, -0.15) is 5.10 Å². The lowest BCUT2D eigenvalue weighted by Gasteiger charge is -2.22. The number of carbonyl (C=O) groups excluding carboxylic acids is 1. The van der Waals surface area contributed by atoms with Gasteiger partial charge in [0.15, 0.2) is 0 Å². The zero-order valence-electron chi connectivity index (χ0n) is 14.4. The van der Waals surface area contributed by atoms with Gasteiger partial charge in [-0.15, -0.1) is 0 Å². The van der Waals surface area contributed by atoms with Gasteiger partial charge < -0.3 is 10.2 Å². The molecule has 1 aliphatic rings. The number of benzene rings is 2. The highest BCUT2D eigenvalue weighted by Crippen LogP contribution is 2.38. The van der Waals surface area contributed by atoms with Crippen molar-refractivity contribution in [2.24, 2.45) is 5.10 Å². The molecule has 6 nitrogen and oxygen atoms in total. The first-order valence-corrected chi connectivity index (χ1v) is 8.52. The van der Waals surface area contributed by atoms with E-state index in [0.717, 1.165) is 0 Å². The Morgan fingerprint density at radius 2 is 1.59 bits per heavy atom. The molecule has 2 heterocycles. The topological polar surface area (TPSA) is 86.0 Å². The largest absolute Gasteiger partial charge is 0.508 e. The highest BCUT2D eigenvalue weighted by molar-refractivity contribution is 6.06. The molecule has 1 aromatic heterocycles. The molecular weight excluding hydrogens is 342 g/mol. The lowest BCUT2D eigenvalue weighted by Crippen LogP contribution is -2.27. The van der Waals surface area contributed by atoms with Crippen LogP contribution in [0.25, 0.3) is 0 Å². The average Bonchev–Trinajstić information content (AvgIpc) is 3.13. The number of phenols is 2. The molecule has 0 bridgehead atoms. The average molecular weight is 359 g/mol. The standard InChI is InChI=1S/C21H17N3O3/c25-19-7-3-1-5-15(19)17-13-18(16-6-2-4-8-20(16)26)24(23-17)21(27)14-9-11-22-12-10-14/h1-12,18,25-26H,13H2/t18-/m0/s1. The molecule has 134 valence electrons. The second kappa shape index (κ2) is 6.92. The molecule has 3 aromatic rings. The Bertz CT molecular complexity index is 1020. The van der Waals surface area contributed by atoms with Crippen molar-refractivity contribution in [1.29, 1.82) is 0 Å². The van der Waals surface area contributed by atoms with E-state index in [4.69, 9.17) is 0 Å². The Kier molecular flexibility index (Phi) is 4.30. The van der Waals surface area contributed by atoms with Crippen LogP contribution in [0.4, 0.5) is 0 Å². The molecular formula is C21H17N3O3. The molecule has 0 saturated carbocycles. The quantitative estimate of drug-likeness (QED) is 0.750. The molecule has 1 amide bonds. The highest BCUT2D eigenvalue weighted by atomic mass is 16.3. The summed E-state index contributed by atoms with van der Waals surface area (Å²) < 4.78 is 0. The molecule has 4 rings (SSSR count). The monoisotopic (exact) mass is 359 g/mol. The Labute approximate surface area is 156 Å². The maximum atomic E-state index is 13.1. The van der Waals surface area contributed by atoms with E-state index >= 15 is 0 Å². The normalized spacial score (nSPS) is 16.2. The third-order valence-corrected chi connectivity index (χ3v) is 4.56. The third kappa shape index (κ3) is 3.13. The minimum absolute atomic E-state index is 0.101. The second-order valence-corrected chi connectivity index (χ2v) is 6.23. The minimum atomic E-state index is -0.471. The molecule has 0 spiro atoms. The summed E-state index contributed by atoms with van der Waals surface area (Å²) in [5, 5.41) is 26.4. The lowest BCUT2D eigenvalue weighted by atomic mass is 9.97. The van der Waals surface area contributed by atoms with Gasteiger partial charge in [0, 0.05) is 35.5 Å². The fourth-order valence-corrected chi connectivity index (χ4v) is 3.22. The van der Waals surface area contributed by atoms with E-state index in [9.17, 15) is 15.0 Å². The Hall–Kier alpha value is -3.67. The summed E-state index contributed by atoms with van der Waals surface area (Å²) in [4.78, 5) is 17.0. The third-order valence-electron chi connectivity index (χ3n) is 4.56. The fraction of sp³-hybridized carbons (Fsp3) is 0.0952. The van der Waals surface area contributed by atoms with Crippen molar-refractivity contribution in [3.05, 3.63) is 89.7 Å². The summed E-state index contributed by atoms with van der Waals surface area (Å²) in [6, 6.07) is 16.6. The summed E-state index contributed by atoms with van der Waals surface area (Å²) in [6.45, 7) is 0. The summed E-state index contributed by atoms with van der Waals surface area (Å²) in [7, 11) is 0. The number of rotatable bonds is 3. The van der Waals surface area contributed by atoms with Gasteiger partial charge in [0.1, 0.15) is 11.5 Å². The Balaban J connectivity index is 1.78. The van der Waals surface area contributed by atoms with Crippen LogP contribution >= 0.6 is 0 Å². The second-order valence-electron chi connectivity index (χ2n) is 6.23. The zero-order chi connectivity index (χ0) is 18.8. The lowest BCUT2D eigenvalue weighted by molar-refractivity contribution is 0.0709. The van der Waals surface area contributed by atoms with Gasteiger partial charge in [0.25, 0.3) is 5.91 Å². The molecule has 0 saturated heterocycles. The number of phenolic OH excluding ortho intramolecular Hbond substituents is 2. The van der Waals surface area contributed by atoms with Crippen LogP contribution < -0.4 is 0 Å². The van der Waals surface area contributed by atoms with Crippen molar-refractivity contribution in [1.82, 2.24) is 9.99 Å². The van der Waals surface area contributed by atoms with Gasteiger partial charge in [-0.05, 0) is 30.3 Å². The number of hydrogen-bond donors (Lipinski definition) is 2. The van der Waals surface area contributed by atoms with Crippen LogP contribution in [0.3, 0.4) is 0 Å². The molecule has 0 fully saturated rings. The summed E-state index contributed by atoms with van der Waals surface area (Å²) >= 11 is 0. The molecule has 2 aromatic carbocycles. The van der Waals surface area contributed by atoms with Crippen LogP contribution in [-0.2, 0) is 0 Å². The van der Waals surface area contributed by atoms with Crippen LogP contribution in [0.1, 0.15) is 33.9 Å². The van der Waals surface area contributed by atoms with Crippen molar-refractivity contribution >= 4 is 11.6 Å². The molecule has 0 aliphatic carbocycles. The SMILES string of the molecule is O=C(c1ccncc1)N1N=C(c2ccccc2O)C[C@H]1c1ccccc1O. The number of hydrazone groups is 1. The summed E-state index contributed by atoms with van der Waals surface area (Å²) in [5.41, 5.74) is 2.22. The van der Waals surface area contributed by atoms with Gasteiger partial charge in [-0.3, -0.25) is 9.78 Å². The zero-order valence-corrected chi connectivity index (χ0v) is 14.4. The number of amides is 1. The van der Waals surface area contributed by atoms with E-state index in [1.54, 1.807) is 67.0 Å².